The van der Waals surface area contributed by atoms with Gasteiger partial charge >= 0.3 is 0 Å². The Balaban J connectivity index is 2.96. The lowest BCUT2D eigenvalue weighted by Gasteiger charge is -2.10. The molecule has 0 amide bonds. The number of ether oxygens (including phenoxy) is 1. The zero-order valence-electron chi connectivity index (χ0n) is 7.85. The van der Waals surface area contributed by atoms with Gasteiger partial charge in [0, 0.05) is 10.8 Å². The molecule has 2 rings (SSSR count). The van der Waals surface area contributed by atoms with E-state index >= 15 is 0 Å². The Morgan fingerprint density at radius 1 is 1.00 bits per heavy atom. The molecule has 2 aromatic carbocycles. The van der Waals surface area contributed by atoms with Crippen LogP contribution >= 0.6 is 34.8 Å². The summed E-state index contributed by atoms with van der Waals surface area (Å²) in [5.74, 6) is 0.596. The Kier molecular flexibility index (Phi) is 2.96. The summed E-state index contributed by atoms with van der Waals surface area (Å²) < 4.78 is 5.22. The summed E-state index contributed by atoms with van der Waals surface area (Å²) in [6.07, 6.45) is 0. The number of hydrogen-bond donors (Lipinski definition) is 0. The monoisotopic (exact) mass is 260 g/mol. The third-order valence-corrected chi connectivity index (χ3v) is 3.07. The van der Waals surface area contributed by atoms with Crippen LogP contribution in [-0.4, -0.2) is 7.11 Å². The minimum absolute atomic E-state index is 0.484. The van der Waals surface area contributed by atoms with Crippen LogP contribution in [0, 0.1) is 0 Å². The van der Waals surface area contributed by atoms with Crippen molar-refractivity contribution in [3.63, 3.8) is 0 Å². The molecule has 0 unspecified atom stereocenters. The van der Waals surface area contributed by atoms with Crippen LogP contribution in [0.25, 0.3) is 10.8 Å². The second kappa shape index (κ2) is 4.09. The Labute approximate surface area is 103 Å². The lowest BCUT2D eigenvalue weighted by atomic mass is 10.1. The van der Waals surface area contributed by atoms with Gasteiger partial charge in [-0.2, -0.15) is 0 Å². The SMILES string of the molecule is COc1c(Cl)cc(Cl)c2c(Cl)cccc12. The number of methoxy groups -OCH3 is 1. The highest BCUT2D eigenvalue weighted by molar-refractivity contribution is 6.44. The Morgan fingerprint density at radius 3 is 2.40 bits per heavy atom. The maximum atomic E-state index is 6.07. The molecule has 0 aromatic heterocycles. The van der Waals surface area contributed by atoms with E-state index in [9.17, 15) is 0 Å². The van der Waals surface area contributed by atoms with Crippen LogP contribution in [0.15, 0.2) is 24.3 Å². The fraction of sp³-hybridized carbons (Fsp3) is 0.0909. The molecule has 4 heteroatoms. The van der Waals surface area contributed by atoms with Gasteiger partial charge in [-0.25, -0.2) is 0 Å². The van der Waals surface area contributed by atoms with Gasteiger partial charge in [0.15, 0.2) is 0 Å². The van der Waals surface area contributed by atoms with Crippen LogP contribution < -0.4 is 4.74 Å². The number of benzene rings is 2. The first-order chi connectivity index (χ1) is 7.15. The quantitative estimate of drug-likeness (QED) is 0.716. The molecule has 0 aliphatic carbocycles. The highest BCUT2D eigenvalue weighted by atomic mass is 35.5. The van der Waals surface area contributed by atoms with E-state index < -0.39 is 0 Å². The number of halogens is 3. The molecule has 0 radical (unpaired) electrons. The Morgan fingerprint density at radius 2 is 1.73 bits per heavy atom. The second-order valence-electron chi connectivity index (χ2n) is 3.04. The lowest BCUT2D eigenvalue weighted by molar-refractivity contribution is 0.420. The summed E-state index contributed by atoms with van der Waals surface area (Å²) in [5.41, 5.74) is 0. The molecule has 0 N–H and O–H groups in total. The number of hydrogen-bond acceptors (Lipinski definition) is 1. The molecule has 0 bridgehead atoms. The Hall–Kier alpha value is -0.630. The largest absolute Gasteiger partial charge is 0.495 e. The van der Waals surface area contributed by atoms with E-state index in [2.05, 4.69) is 0 Å². The van der Waals surface area contributed by atoms with Crippen molar-refractivity contribution in [1.29, 1.82) is 0 Å². The van der Waals surface area contributed by atoms with E-state index in [0.717, 1.165) is 10.8 Å². The van der Waals surface area contributed by atoms with E-state index in [1.54, 1.807) is 19.2 Å². The average Bonchev–Trinajstić information content (AvgIpc) is 2.17. The molecular weight excluding hydrogens is 254 g/mol. The van der Waals surface area contributed by atoms with Crippen molar-refractivity contribution in [2.24, 2.45) is 0 Å². The molecule has 0 spiro atoms. The summed E-state index contributed by atoms with van der Waals surface area (Å²) in [5, 5.41) is 3.19. The maximum Gasteiger partial charge on any atom is 0.145 e. The first-order valence-electron chi connectivity index (χ1n) is 4.25. The molecule has 15 heavy (non-hydrogen) atoms. The topological polar surface area (TPSA) is 9.23 Å². The van der Waals surface area contributed by atoms with E-state index in [-0.39, 0.29) is 0 Å². The smallest absolute Gasteiger partial charge is 0.145 e. The summed E-state index contributed by atoms with van der Waals surface area (Å²) in [7, 11) is 1.56. The van der Waals surface area contributed by atoms with Gasteiger partial charge < -0.3 is 4.74 Å². The van der Waals surface area contributed by atoms with E-state index in [1.807, 2.05) is 12.1 Å². The number of fused-ring (bicyclic) bond motifs is 1. The minimum atomic E-state index is 0.484. The molecule has 0 aliphatic heterocycles. The summed E-state index contributed by atoms with van der Waals surface area (Å²) in [4.78, 5) is 0. The zero-order chi connectivity index (χ0) is 11.0. The van der Waals surface area contributed by atoms with Gasteiger partial charge in [-0.15, -0.1) is 0 Å². The molecule has 0 heterocycles. The fourth-order valence-electron chi connectivity index (χ4n) is 1.54. The molecule has 0 saturated heterocycles. The van der Waals surface area contributed by atoms with Crippen molar-refractivity contribution >= 4 is 45.6 Å². The third-order valence-electron chi connectivity index (χ3n) is 2.17. The van der Waals surface area contributed by atoms with Gasteiger partial charge in [0.25, 0.3) is 0 Å². The molecule has 2 aromatic rings. The predicted octanol–water partition coefficient (Wildman–Crippen LogP) is 4.81. The molecule has 0 atom stereocenters. The molecule has 1 nitrogen and oxygen atoms in total. The standard InChI is InChI=1S/C11H7Cl3O/c1-15-11-6-3-2-4-7(12)10(6)8(13)5-9(11)14/h2-5H,1H3. The third kappa shape index (κ3) is 1.76. The van der Waals surface area contributed by atoms with Gasteiger partial charge in [-0.3, -0.25) is 0 Å². The Bertz CT molecular complexity index is 523. The van der Waals surface area contributed by atoms with E-state index in [4.69, 9.17) is 39.5 Å². The van der Waals surface area contributed by atoms with Crippen molar-refractivity contribution in [2.75, 3.05) is 7.11 Å². The summed E-state index contributed by atoms with van der Waals surface area (Å²) >= 11 is 18.1. The first-order valence-corrected chi connectivity index (χ1v) is 5.38. The molecule has 0 fully saturated rings. The van der Waals surface area contributed by atoms with Crippen molar-refractivity contribution in [3.8, 4) is 5.75 Å². The van der Waals surface area contributed by atoms with E-state index in [1.165, 1.54) is 0 Å². The van der Waals surface area contributed by atoms with Crippen LogP contribution in [0.3, 0.4) is 0 Å². The highest BCUT2D eigenvalue weighted by Gasteiger charge is 2.12. The van der Waals surface area contributed by atoms with E-state index in [0.29, 0.717) is 20.8 Å². The van der Waals surface area contributed by atoms with Gasteiger partial charge in [-0.1, -0.05) is 46.9 Å². The summed E-state index contributed by atoms with van der Waals surface area (Å²) in [6, 6.07) is 7.12. The first kappa shape index (κ1) is 10.9. The lowest BCUT2D eigenvalue weighted by Crippen LogP contribution is -1.87. The van der Waals surface area contributed by atoms with Crippen LogP contribution in [0.5, 0.6) is 5.75 Å². The van der Waals surface area contributed by atoms with Crippen molar-refractivity contribution in [1.82, 2.24) is 0 Å². The van der Waals surface area contributed by atoms with Gasteiger partial charge in [0.05, 0.1) is 22.2 Å². The predicted molar refractivity (Wildman–Crippen MR) is 65.5 cm³/mol. The van der Waals surface area contributed by atoms with Crippen LogP contribution in [0.2, 0.25) is 15.1 Å². The van der Waals surface area contributed by atoms with Crippen LogP contribution in [0.1, 0.15) is 0 Å². The maximum absolute atomic E-state index is 6.07. The zero-order valence-corrected chi connectivity index (χ0v) is 10.1. The second-order valence-corrected chi connectivity index (χ2v) is 4.26. The average molecular weight is 262 g/mol. The normalized spacial score (nSPS) is 10.7. The van der Waals surface area contributed by atoms with Crippen LogP contribution in [0.4, 0.5) is 0 Å². The highest BCUT2D eigenvalue weighted by Crippen LogP contribution is 2.40. The summed E-state index contributed by atoms with van der Waals surface area (Å²) in [6.45, 7) is 0. The van der Waals surface area contributed by atoms with Gasteiger partial charge in [0.1, 0.15) is 5.75 Å². The van der Waals surface area contributed by atoms with Gasteiger partial charge in [-0.05, 0) is 12.1 Å². The minimum Gasteiger partial charge on any atom is -0.495 e. The molecule has 0 saturated carbocycles. The molecule has 0 aliphatic rings. The number of rotatable bonds is 1. The van der Waals surface area contributed by atoms with Crippen molar-refractivity contribution in [3.05, 3.63) is 39.3 Å². The van der Waals surface area contributed by atoms with Crippen molar-refractivity contribution in [2.45, 2.75) is 0 Å². The van der Waals surface area contributed by atoms with Gasteiger partial charge in [0.2, 0.25) is 0 Å². The molecular formula is C11H7Cl3O. The fourth-order valence-corrected chi connectivity index (χ4v) is 2.52. The van der Waals surface area contributed by atoms with Crippen LogP contribution in [-0.2, 0) is 0 Å². The van der Waals surface area contributed by atoms with Crippen molar-refractivity contribution < 1.29 is 4.74 Å². The molecule has 78 valence electrons.